The van der Waals surface area contributed by atoms with Crippen LogP contribution in [-0.4, -0.2) is 33.4 Å². The molecular formula is C12H17ClFNO4S. The first-order valence-electron chi connectivity index (χ1n) is 5.63. The van der Waals surface area contributed by atoms with Gasteiger partial charge >= 0.3 is 5.97 Å². The van der Waals surface area contributed by atoms with Gasteiger partial charge in [0.2, 0.25) is 6.17 Å². The molecule has 0 aliphatic heterocycles. The summed E-state index contributed by atoms with van der Waals surface area (Å²) >= 11 is 0. The van der Waals surface area contributed by atoms with E-state index in [2.05, 4.69) is 4.74 Å². The lowest BCUT2D eigenvalue weighted by atomic mass is 10.0. The third-order valence-corrected chi connectivity index (χ3v) is 3.65. The van der Waals surface area contributed by atoms with Gasteiger partial charge in [-0.2, -0.15) is 0 Å². The van der Waals surface area contributed by atoms with Gasteiger partial charge in [0.05, 0.1) is 17.5 Å². The molecule has 0 spiro atoms. The summed E-state index contributed by atoms with van der Waals surface area (Å²) in [6.45, 7) is 1.63. The van der Waals surface area contributed by atoms with Crippen molar-refractivity contribution >= 4 is 28.2 Å². The zero-order chi connectivity index (χ0) is 14.6. The molecule has 0 amide bonds. The Hall–Kier alpha value is -1.18. The Morgan fingerprint density at radius 2 is 1.85 bits per heavy atom. The molecule has 8 heteroatoms. The first-order valence-corrected chi connectivity index (χ1v) is 7.52. The second-order valence-corrected chi connectivity index (χ2v) is 6.04. The lowest BCUT2D eigenvalue weighted by molar-refractivity contribution is -0.149. The maximum atomic E-state index is 13.7. The fourth-order valence-electron chi connectivity index (χ4n) is 1.47. The Labute approximate surface area is 123 Å². The number of sulfone groups is 1. The number of carbonyl (C=O) groups is 1. The molecule has 0 aliphatic carbocycles. The molecule has 114 valence electrons. The van der Waals surface area contributed by atoms with Gasteiger partial charge < -0.3 is 10.5 Å². The molecule has 2 atom stereocenters. The van der Waals surface area contributed by atoms with Crippen molar-refractivity contribution in [3.63, 3.8) is 0 Å². The summed E-state index contributed by atoms with van der Waals surface area (Å²) in [6.07, 6.45) is -0.914. The van der Waals surface area contributed by atoms with Gasteiger partial charge in [0.1, 0.15) is 0 Å². The van der Waals surface area contributed by atoms with E-state index in [1.807, 2.05) is 0 Å². The van der Waals surface area contributed by atoms with Crippen LogP contribution in [0.5, 0.6) is 0 Å². The Morgan fingerprint density at radius 3 is 2.25 bits per heavy atom. The summed E-state index contributed by atoms with van der Waals surface area (Å²) < 4.78 is 40.7. The summed E-state index contributed by atoms with van der Waals surface area (Å²) in [5.41, 5.74) is 5.93. The molecule has 0 saturated heterocycles. The Morgan fingerprint density at radius 1 is 1.35 bits per heavy atom. The Balaban J connectivity index is 0.00000361. The molecule has 5 nitrogen and oxygen atoms in total. The van der Waals surface area contributed by atoms with Crippen molar-refractivity contribution in [2.24, 2.45) is 5.73 Å². The van der Waals surface area contributed by atoms with Crippen molar-refractivity contribution in [1.82, 2.24) is 0 Å². The van der Waals surface area contributed by atoms with Crippen LogP contribution >= 0.6 is 12.4 Å². The molecule has 0 heterocycles. The van der Waals surface area contributed by atoms with Crippen molar-refractivity contribution in [2.75, 3.05) is 12.9 Å². The number of carbonyl (C=O) groups excluding carboxylic acids is 1. The Bertz CT molecular complexity index is 547. The molecule has 1 aromatic carbocycles. The van der Waals surface area contributed by atoms with Crippen LogP contribution in [0.2, 0.25) is 0 Å². The Kier molecular flexibility index (Phi) is 7.12. The van der Waals surface area contributed by atoms with Gasteiger partial charge in [-0.3, -0.25) is 0 Å². The molecule has 1 unspecified atom stereocenters. The summed E-state index contributed by atoms with van der Waals surface area (Å²) in [6, 6.07) is 4.22. The van der Waals surface area contributed by atoms with Crippen LogP contribution in [0.15, 0.2) is 29.2 Å². The maximum Gasteiger partial charge on any atom is 0.342 e. The number of hydrogen-bond donors (Lipinski definition) is 1. The number of ether oxygens (including phenoxy) is 1. The SMILES string of the molecule is CCOC(=O)C(F)[C@H](N)c1ccc(S(C)(=O)=O)cc1.Cl. The van der Waals surface area contributed by atoms with Gasteiger partial charge in [-0.15, -0.1) is 12.4 Å². The molecule has 0 bridgehead atoms. The minimum Gasteiger partial charge on any atom is -0.464 e. The number of nitrogens with two attached hydrogens (primary N) is 1. The van der Waals surface area contributed by atoms with Crippen molar-refractivity contribution < 1.29 is 22.3 Å². The highest BCUT2D eigenvalue weighted by Gasteiger charge is 2.27. The van der Waals surface area contributed by atoms with E-state index in [0.717, 1.165) is 6.26 Å². The van der Waals surface area contributed by atoms with E-state index in [-0.39, 0.29) is 23.9 Å². The van der Waals surface area contributed by atoms with E-state index >= 15 is 0 Å². The average molecular weight is 326 g/mol. The van der Waals surface area contributed by atoms with Gasteiger partial charge in [0.25, 0.3) is 0 Å². The lowest BCUT2D eigenvalue weighted by Crippen LogP contribution is -2.31. The van der Waals surface area contributed by atoms with Gasteiger partial charge in [-0.1, -0.05) is 12.1 Å². The smallest absolute Gasteiger partial charge is 0.342 e. The number of rotatable bonds is 5. The zero-order valence-electron chi connectivity index (χ0n) is 11.1. The van der Waals surface area contributed by atoms with Crippen LogP contribution in [0.3, 0.4) is 0 Å². The number of benzene rings is 1. The zero-order valence-corrected chi connectivity index (χ0v) is 12.7. The first-order chi connectivity index (χ1) is 8.77. The van der Waals surface area contributed by atoms with Crippen molar-refractivity contribution in [3.8, 4) is 0 Å². The number of alkyl halides is 1. The molecular weight excluding hydrogens is 309 g/mol. The molecule has 0 aliphatic rings. The highest BCUT2D eigenvalue weighted by atomic mass is 35.5. The minimum atomic E-state index is -3.32. The maximum absolute atomic E-state index is 13.7. The van der Waals surface area contributed by atoms with Crippen LogP contribution in [0.1, 0.15) is 18.5 Å². The van der Waals surface area contributed by atoms with Crippen molar-refractivity contribution in [1.29, 1.82) is 0 Å². The molecule has 0 fully saturated rings. The largest absolute Gasteiger partial charge is 0.464 e. The molecule has 0 saturated carbocycles. The third-order valence-electron chi connectivity index (χ3n) is 2.52. The monoisotopic (exact) mass is 325 g/mol. The van der Waals surface area contributed by atoms with E-state index in [1.165, 1.54) is 24.3 Å². The fourth-order valence-corrected chi connectivity index (χ4v) is 2.11. The number of hydrogen-bond acceptors (Lipinski definition) is 5. The van der Waals surface area contributed by atoms with Crippen LogP contribution in [0.4, 0.5) is 4.39 Å². The lowest BCUT2D eigenvalue weighted by Gasteiger charge is -2.16. The summed E-state index contributed by atoms with van der Waals surface area (Å²) in [4.78, 5) is 11.3. The highest BCUT2D eigenvalue weighted by molar-refractivity contribution is 7.90. The molecule has 1 rings (SSSR count). The number of halogens is 2. The first kappa shape index (κ1) is 18.8. The third kappa shape index (κ3) is 4.73. The van der Waals surface area contributed by atoms with Crippen LogP contribution < -0.4 is 5.73 Å². The summed E-state index contributed by atoms with van der Waals surface area (Å²) in [5.74, 6) is -1.03. The van der Waals surface area contributed by atoms with Gasteiger partial charge in [-0.25, -0.2) is 17.6 Å². The molecule has 0 aromatic heterocycles. The standard InChI is InChI=1S/C12H16FNO4S.ClH/c1-3-18-12(15)10(13)11(14)8-4-6-9(7-5-8)19(2,16)17;/h4-7,10-11H,3,14H2,1-2H3;1H/t10?,11-;/m1./s1. The molecule has 20 heavy (non-hydrogen) atoms. The average Bonchev–Trinajstić information content (AvgIpc) is 2.36. The summed E-state index contributed by atoms with van der Waals surface area (Å²) in [5, 5.41) is 0. The topological polar surface area (TPSA) is 86.5 Å². The normalized spacial score (nSPS) is 14.0. The molecule has 2 N–H and O–H groups in total. The minimum absolute atomic E-state index is 0. The van der Waals surface area contributed by atoms with E-state index in [4.69, 9.17) is 5.73 Å². The number of esters is 1. The van der Waals surface area contributed by atoms with Crippen LogP contribution in [0.25, 0.3) is 0 Å². The van der Waals surface area contributed by atoms with E-state index in [1.54, 1.807) is 6.92 Å². The fraction of sp³-hybridized carbons (Fsp3) is 0.417. The van der Waals surface area contributed by atoms with Crippen LogP contribution in [0, 0.1) is 0 Å². The van der Waals surface area contributed by atoms with Gasteiger partial charge in [0.15, 0.2) is 9.84 Å². The second-order valence-electron chi connectivity index (χ2n) is 4.02. The van der Waals surface area contributed by atoms with Gasteiger partial charge in [0, 0.05) is 6.26 Å². The van der Waals surface area contributed by atoms with E-state index < -0.39 is 28.0 Å². The van der Waals surface area contributed by atoms with Crippen molar-refractivity contribution in [2.45, 2.75) is 24.0 Å². The van der Waals surface area contributed by atoms with Gasteiger partial charge in [-0.05, 0) is 24.6 Å². The predicted molar refractivity (Wildman–Crippen MR) is 75.3 cm³/mol. The van der Waals surface area contributed by atoms with E-state index in [9.17, 15) is 17.6 Å². The highest BCUT2D eigenvalue weighted by Crippen LogP contribution is 2.20. The van der Waals surface area contributed by atoms with Crippen molar-refractivity contribution in [3.05, 3.63) is 29.8 Å². The molecule has 0 radical (unpaired) electrons. The molecule has 1 aromatic rings. The quantitative estimate of drug-likeness (QED) is 0.827. The summed E-state index contributed by atoms with van der Waals surface area (Å²) in [7, 11) is -3.32. The second kappa shape index (κ2) is 7.56. The van der Waals surface area contributed by atoms with Crippen LogP contribution in [-0.2, 0) is 19.4 Å². The van der Waals surface area contributed by atoms with E-state index in [0.29, 0.717) is 5.56 Å². The predicted octanol–water partition coefficient (Wildman–Crippen LogP) is 1.41.